The van der Waals surface area contributed by atoms with Gasteiger partial charge in [0, 0.05) is 49.7 Å². The Bertz CT molecular complexity index is 1140. The lowest BCUT2D eigenvalue weighted by molar-refractivity contribution is -0.105. The summed E-state index contributed by atoms with van der Waals surface area (Å²) in [5.41, 5.74) is 4.78. The molecule has 142 valence electrons. The average molecular weight is 377 g/mol. The molecule has 2 aliphatic heterocycles. The van der Waals surface area contributed by atoms with Crippen molar-refractivity contribution in [3.05, 3.63) is 47.7 Å². The molecule has 28 heavy (non-hydrogen) atoms. The summed E-state index contributed by atoms with van der Waals surface area (Å²) in [6.45, 7) is 0. The lowest BCUT2D eigenvalue weighted by Crippen LogP contribution is -2.47. The molecule has 3 heterocycles. The summed E-state index contributed by atoms with van der Waals surface area (Å²) >= 11 is 0. The largest absolute Gasteiger partial charge is 0.505 e. The topological polar surface area (TPSA) is 83.9 Å². The van der Waals surface area contributed by atoms with Gasteiger partial charge in [-0.3, -0.25) is 9.78 Å². The Morgan fingerprint density at radius 3 is 2.68 bits per heavy atom. The van der Waals surface area contributed by atoms with Gasteiger partial charge in [0.25, 0.3) is 5.91 Å². The molecule has 2 atom stereocenters. The van der Waals surface area contributed by atoms with E-state index < -0.39 is 12.3 Å². The number of pyridine rings is 1. The number of ether oxygens (including phenoxy) is 2. The Labute approximate surface area is 161 Å². The minimum Gasteiger partial charge on any atom is -0.505 e. The van der Waals surface area contributed by atoms with E-state index in [0.717, 1.165) is 27.9 Å². The molecule has 7 nitrogen and oxygen atoms in total. The number of hydrogen-bond acceptors (Lipinski definition) is 6. The Kier molecular flexibility index (Phi) is 3.59. The number of carbonyl (C=O) groups is 1. The van der Waals surface area contributed by atoms with E-state index >= 15 is 0 Å². The Hall–Kier alpha value is -3.16. The number of hydrogen-bond donors (Lipinski definition) is 2. The number of fused-ring (bicyclic) bond motifs is 4. The highest BCUT2D eigenvalue weighted by Gasteiger charge is 2.44. The number of benzene rings is 2. The molecular formula is C21H19N3O4. The van der Waals surface area contributed by atoms with Gasteiger partial charge in [0.1, 0.15) is 11.6 Å². The van der Waals surface area contributed by atoms with Crippen molar-refractivity contribution in [1.82, 2.24) is 9.88 Å². The number of carbonyl (C=O) groups excluding carboxylic acids is 1. The maximum atomic E-state index is 13.1. The summed E-state index contributed by atoms with van der Waals surface area (Å²) in [7, 11) is 4.74. The molecule has 2 aromatic carbocycles. The van der Waals surface area contributed by atoms with Crippen molar-refractivity contribution in [2.75, 3.05) is 26.6 Å². The molecule has 0 fully saturated rings. The van der Waals surface area contributed by atoms with Gasteiger partial charge in [-0.05, 0) is 17.7 Å². The van der Waals surface area contributed by atoms with E-state index in [1.54, 1.807) is 20.4 Å². The van der Waals surface area contributed by atoms with E-state index in [0.29, 0.717) is 11.1 Å². The SMILES string of the molecule is COC1c2c(c(O)c3nccc4c3c2Nc2ccccc2-4)C(=O)N(C)C1OC. The van der Waals surface area contributed by atoms with Gasteiger partial charge in [-0.1, -0.05) is 18.2 Å². The highest BCUT2D eigenvalue weighted by atomic mass is 16.5. The van der Waals surface area contributed by atoms with Gasteiger partial charge < -0.3 is 24.8 Å². The number of aromatic nitrogens is 1. The summed E-state index contributed by atoms with van der Waals surface area (Å²) in [4.78, 5) is 18.9. The number of aromatic hydroxyl groups is 1. The number of nitrogens with one attached hydrogen (secondary N) is 1. The monoisotopic (exact) mass is 377 g/mol. The Morgan fingerprint density at radius 1 is 1.14 bits per heavy atom. The van der Waals surface area contributed by atoms with Gasteiger partial charge in [0.2, 0.25) is 0 Å². The van der Waals surface area contributed by atoms with Crippen molar-refractivity contribution >= 4 is 28.2 Å². The van der Waals surface area contributed by atoms with Crippen molar-refractivity contribution in [2.24, 2.45) is 0 Å². The number of phenols is 1. The Balaban J connectivity index is 1.95. The van der Waals surface area contributed by atoms with E-state index in [4.69, 9.17) is 9.47 Å². The first-order chi connectivity index (χ1) is 13.6. The van der Waals surface area contributed by atoms with Crippen molar-refractivity contribution in [3.8, 4) is 16.9 Å². The van der Waals surface area contributed by atoms with Crippen LogP contribution in [0.25, 0.3) is 22.0 Å². The number of methoxy groups -OCH3 is 2. The summed E-state index contributed by atoms with van der Waals surface area (Å²) < 4.78 is 11.3. The highest BCUT2D eigenvalue weighted by molar-refractivity contribution is 6.17. The van der Waals surface area contributed by atoms with E-state index in [2.05, 4.69) is 10.3 Å². The van der Waals surface area contributed by atoms with Crippen LogP contribution in [0.1, 0.15) is 22.0 Å². The number of nitrogens with zero attached hydrogens (tertiary/aromatic N) is 2. The quantitative estimate of drug-likeness (QED) is 0.521. The van der Waals surface area contributed by atoms with E-state index in [1.165, 1.54) is 12.0 Å². The van der Waals surface area contributed by atoms with Gasteiger partial charge in [-0.25, -0.2) is 0 Å². The average Bonchev–Trinajstić information content (AvgIpc) is 2.73. The fraction of sp³-hybridized carbons (Fsp3) is 0.238. The van der Waals surface area contributed by atoms with Crippen LogP contribution < -0.4 is 5.32 Å². The normalized spacial score (nSPS) is 20.0. The molecule has 0 saturated heterocycles. The zero-order valence-corrected chi connectivity index (χ0v) is 15.7. The third-order valence-electron chi connectivity index (χ3n) is 5.63. The summed E-state index contributed by atoms with van der Waals surface area (Å²) in [6.07, 6.45) is 0.467. The maximum absolute atomic E-state index is 13.1. The predicted molar refractivity (Wildman–Crippen MR) is 105 cm³/mol. The van der Waals surface area contributed by atoms with Crippen LogP contribution in [0.4, 0.5) is 11.4 Å². The molecule has 0 saturated carbocycles. The molecule has 0 radical (unpaired) electrons. The molecule has 0 aliphatic carbocycles. The van der Waals surface area contributed by atoms with Crippen LogP contribution in [0.5, 0.6) is 5.75 Å². The molecule has 2 N–H and O–H groups in total. The van der Waals surface area contributed by atoms with E-state index in [9.17, 15) is 9.90 Å². The van der Waals surface area contributed by atoms with Gasteiger partial charge in [0.05, 0.1) is 11.3 Å². The highest BCUT2D eigenvalue weighted by Crippen LogP contribution is 2.52. The molecule has 1 amide bonds. The first kappa shape index (κ1) is 17.0. The second-order valence-corrected chi connectivity index (χ2v) is 6.96. The molecule has 3 aromatic rings. The third-order valence-corrected chi connectivity index (χ3v) is 5.63. The lowest BCUT2D eigenvalue weighted by atomic mass is 9.85. The molecule has 0 bridgehead atoms. The number of amides is 1. The minimum atomic E-state index is -0.614. The van der Waals surface area contributed by atoms with E-state index in [-0.39, 0.29) is 17.2 Å². The molecular weight excluding hydrogens is 358 g/mol. The third kappa shape index (κ3) is 2.00. The first-order valence-corrected chi connectivity index (χ1v) is 8.95. The standard InChI is InChI=1S/C21H19N3O4/c1-24-20(26)15-14(19(27-2)21(24)28-3)16-13-11(8-9-22-17(13)18(15)25)10-6-4-5-7-12(10)23-16/h4-9,19,21,23,25H,1-3H3. The number of rotatable bonds is 2. The van der Waals surface area contributed by atoms with Crippen LogP contribution in [0.15, 0.2) is 36.5 Å². The number of likely N-dealkylation sites (N-methyl/N-ethyl adjacent to an activating group) is 1. The summed E-state index contributed by atoms with van der Waals surface area (Å²) in [6, 6.07) is 9.83. The van der Waals surface area contributed by atoms with Crippen LogP contribution in [-0.4, -0.2) is 48.4 Å². The second-order valence-electron chi connectivity index (χ2n) is 6.96. The molecule has 5 rings (SSSR count). The summed E-state index contributed by atoms with van der Waals surface area (Å²) in [5, 5.41) is 15.3. The van der Waals surface area contributed by atoms with Gasteiger partial charge in [-0.15, -0.1) is 0 Å². The van der Waals surface area contributed by atoms with Crippen LogP contribution in [0, 0.1) is 0 Å². The zero-order chi connectivity index (χ0) is 19.6. The van der Waals surface area contributed by atoms with E-state index in [1.807, 2.05) is 30.3 Å². The van der Waals surface area contributed by atoms with Crippen molar-refractivity contribution in [1.29, 1.82) is 0 Å². The molecule has 7 heteroatoms. The van der Waals surface area contributed by atoms with Crippen LogP contribution in [0.3, 0.4) is 0 Å². The smallest absolute Gasteiger partial charge is 0.260 e. The second kappa shape index (κ2) is 5.92. The summed E-state index contributed by atoms with van der Waals surface area (Å²) in [5.74, 6) is -0.469. The van der Waals surface area contributed by atoms with Crippen LogP contribution in [0.2, 0.25) is 0 Å². The predicted octanol–water partition coefficient (Wildman–Crippen LogP) is 3.41. The van der Waals surface area contributed by atoms with Crippen molar-refractivity contribution < 1.29 is 19.4 Å². The fourth-order valence-electron chi connectivity index (χ4n) is 4.37. The molecule has 0 spiro atoms. The number of para-hydroxylation sites is 1. The van der Waals surface area contributed by atoms with Crippen molar-refractivity contribution in [3.63, 3.8) is 0 Å². The molecule has 2 aliphatic rings. The lowest BCUT2D eigenvalue weighted by Gasteiger charge is -2.40. The Morgan fingerprint density at radius 2 is 1.93 bits per heavy atom. The van der Waals surface area contributed by atoms with Gasteiger partial charge in [-0.2, -0.15) is 0 Å². The van der Waals surface area contributed by atoms with Gasteiger partial charge >= 0.3 is 0 Å². The van der Waals surface area contributed by atoms with Crippen LogP contribution >= 0.6 is 0 Å². The first-order valence-electron chi connectivity index (χ1n) is 8.95. The number of anilines is 2. The minimum absolute atomic E-state index is 0.134. The maximum Gasteiger partial charge on any atom is 0.260 e. The molecule has 1 aromatic heterocycles. The zero-order valence-electron chi connectivity index (χ0n) is 15.7. The number of phenolic OH excluding ortho intramolecular Hbond substituents is 1. The van der Waals surface area contributed by atoms with Gasteiger partial charge in [0.15, 0.2) is 12.0 Å². The van der Waals surface area contributed by atoms with Crippen molar-refractivity contribution in [2.45, 2.75) is 12.3 Å². The molecule has 2 unspecified atom stereocenters. The fourth-order valence-corrected chi connectivity index (χ4v) is 4.37. The van der Waals surface area contributed by atoms with Crippen LogP contribution in [-0.2, 0) is 9.47 Å².